The van der Waals surface area contributed by atoms with E-state index in [0.717, 1.165) is 22.5 Å². The van der Waals surface area contributed by atoms with Crippen LogP contribution in [0.15, 0.2) is 48.5 Å². The third kappa shape index (κ3) is 5.45. The highest BCUT2D eigenvalue weighted by atomic mass is 16.2. The Labute approximate surface area is 154 Å². The van der Waals surface area contributed by atoms with E-state index in [-0.39, 0.29) is 31.1 Å². The van der Waals surface area contributed by atoms with Crippen LogP contribution in [0.3, 0.4) is 0 Å². The van der Waals surface area contributed by atoms with E-state index in [2.05, 4.69) is 11.4 Å². The van der Waals surface area contributed by atoms with E-state index in [1.807, 2.05) is 62.4 Å². The Morgan fingerprint density at radius 1 is 1.08 bits per heavy atom. The fourth-order valence-corrected chi connectivity index (χ4v) is 2.69. The van der Waals surface area contributed by atoms with Gasteiger partial charge in [-0.05, 0) is 37.6 Å². The molecule has 0 unspecified atom stereocenters. The molecule has 0 aliphatic carbocycles. The van der Waals surface area contributed by atoms with Gasteiger partial charge in [0.25, 0.3) is 0 Å². The van der Waals surface area contributed by atoms with Gasteiger partial charge in [-0.25, -0.2) is 0 Å². The Hall–Kier alpha value is -3.13. The number of benzene rings is 2. The summed E-state index contributed by atoms with van der Waals surface area (Å²) in [6.45, 7) is 4.25. The maximum Gasteiger partial charge on any atom is 0.227 e. The van der Waals surface area contributed by atoms with E-state index >= 15 is 0 Å². The SMILES string of the molecule is Cc1ccc(NC(=O)CCC(=O)N(CCC#N)c2ccccc2)c(C)c1. The van der Waals surface area contributed by atoms with Gasteiger partial charge < -0.3 is 10.2 Å². The number of hydrogen-bond acceptors (Lipinski definition) is 3. The number of anilines is 2. The van der Waals surface area contributed by atoms with Crippen molar-refractivity contribution in [1.82, 2.24) is 0 Å². The minimum Gasteiger partial charge on any atom is -0.326 e. The van der Waals surface area contributed by atoms with E-state index in [1.165, 1.54) is 0 Å². The Morgan fingerprint density at radius 3 is 2.46 bits per heavy atom. The van der Waals surface area contributed by atoms with Gasteiger partial charge in [-0.1, -0.05) is 35.9 Å². The van der Waals surface area contributed by atoms with Crippen LogP contribution in [0.4, 0.5) is 11.4 Å². The number of aryl methyl sites for hydroxylation is 2. The first kappa shape index (κ1) is 19.2. The van der Waals surface area contributed by atoms with E-state index in [0.29, 0.717) is 6.54 Å². The van der Waals surface area contributed by atoms with Crippen molar-refractivity contribution in [3.63, 3.8) is 0 Å². The zero-order valence-electron chi connectivity index (χ0n) is 15.2. The summed E-state index contributed by atoms with van der Waals surface area (Å²) in [6, 6.07) is 17.1. The minimum atomic E-state index is -0.196. The number of nitrogens with zero attached hydrogens (tertiary/aromatic N) is 2. The van der Waals surface area contributed by atoms with Gasteiger partial charge in [0.15, 0.2) is 0 Å². The van der Waals surface area contributed by atoms with Crippen molar-refractivity contribution in [3.8, 4) is 6.07 Å². The van der Waals surface area contributed by atoms with Crippen LogP contribution >= 0.6 is 0 Å². The molecule has 5 heteroatoms. The molecule has 5 nitrogen and oxygen atoms in total. The zero-order valence-corrected chi connectivity index (χ0v) is 15.2. The highest BCUT2D eigenvalue weighted by molar-refractivity contribution is 5.98. The van der Waals surface area contributed by atoms with E-state index in [9.17, 15) is 9.59 Å². The van der Waals surface area contributed by atoms with Crippen LogP contribution in [0.25, 0.3) is 0 Å². The van der Waals surface area contributed by atoms with Gasteiger partial charge in [-0.15, -0.1) is 0 Å². The van der Waals surface area contributed by atoms with Crippen LogP contribution in [-0.2, 0) is 9.59 Å². The van der Waals surface area contributed by atoms with E-state index in [1.54, 1.807) is 4.90 Å². The molecule has 2 aromatic rings. The number of rotatable bonds is 7. The number of carbonyl (C=O) groups is 2. The first-order valence-corrected chi connectivity index (χ1v) is 8.60. The molecule has 0 heterocycles. The van der Waals surface area contributed by atoms with Crippen molar-refractivity contribution in [1.29, 1.82) is 5.26 Å². The van der Waals surface area contributed by atoms with Crippen LogP contribution in [0, 0.1) is 25.2 Å². The first-order chi connectivity index (χ1) is 12.5. The largest absolute Gasteiger partial charge is 0.326 e. The highest BCUT2D eigenvalue weighted by Gasteiger charge is 2.17. The molecule has 0 bridgehead atoms. The summed E-state index contributed by atoms with van der Waals surface area (Å²) in [5.41, 5.74) is 3.62. The molecule has 2 amide bonds. The molecule has 0 radical (unpaired) electrons. The third-order valence-electron chi connectivity index (χ3n) is 4.04. The average Bonchev–Trinajstić information content (AvgIpc) is 2.63. The van der Waals surface area contributed by atoms with Crippen LogP contribution in [0.5, 0.6) is 0 Å². The fraction of sp³-hybridized carbons (Fsp3) is 0.286. The van der Waals surface area contributed by atoms with Crippen LogP contribution in [0.1, 0.15) is 30.4 Å². The lowest BCUT2D eigenvalue weighted by Crippen LogP contribution is -2.32. The van der Waals surface area contributed by atoms with Crippen molar-refractivity contribution < 1.29 is 9.59 Å². The molecule has 0 aliphatic rings. The molecular formula is C21H23N3O2. The maximum absolute atomic E-state index is 12.6. The lowest BCUT2D eigenvalue weighted by atomic mass is 10.1. The van der Waals surface area contributed by atoms with Crippen molar-refractivity contribution in [2.45, 2.75) is 33.1 Å². The molecule has 0 saturated heterocycles. The van der Waals surface area contributed by atoms with Gasteiger partial charge in [-0.2, -0.15) is 5.26 Å². The summed E-state index contributed by atoms with van der Waals surface area (Å²) in [7, 11) is 0. The molecule has 2 aromatic carbocycles. The standard InChI is InChI=1S/C21H23N3O2/c1-16-9-10-19(17(2)15-16)23-20(25)11-12-21(26)24(14-6-13-22)18-7-4-3-5-8-18/h3-5,7-10,15H,6,11-12,14H2,1-2H3,(H,23,25). The minimum absolute atomic E-state index is 0.0943. The molecule has 0 aliphatic heterocycles. The average molecular weight is 349 g/mol. The molecule has 26 heavy (non-hydrogen) atoms. The molecular weight excluding hydrogens is 326 g/mol. The normalized spacial score (nSPS) is 10.0. The summed E-state index contributed by atoms with van der Waals surface area (Å²) in [5, 5.41) is 11.7. The summed E-state index contributed by atoms with van der Waals surface area (Å²) in [5.74, 6) is -0.360. The molecule has 0 atom stereocenters. The smallest absolute Gasteiger partial charge is 0.227 e. The van der Waals surface area contributed by atoms with E-state index in [4.69, 9.17) is 5.26 Å². The Balaban J connectivity index is 1.96. The van der Waals surface area contributed by atoms with Gasteiger partial charge in [-0.3, -0.25) is 9.59 Å². The predicted molar refractivity (Wildman–Crippen MR) is 103 cm³/mol. The monoisotopic (exact) mass is 349 g/mol. The second-order valence-corrected chi connectivity index (χ2v) is 6.16. The molecule has 2 rings (SSSR count). The highest BCUT2D eigenvalue weighted by Crippen LogP contribution is 2.18. The van der Waals surface area contributed by atoms with Gasteiger partial charge in [0.1, 0.15) is 0 Å². The second-order valence-electron chi connectivity index (χ2n) is 6.16. The molecule has 0 saturated carbocycles. The number of nitrogens with one attached hydrogen (secondary N) is 1. The van der Waals surface area contributed by atoms with Gasteiger partial charge in [0.2, 0.25) is 11.8 Å². The number of para-hydroxylation sites is 1. The first-order valence-electron chi connectivity index (χ1n) is 8.60. The maximum atomic E-state index is 12.6. The van der Waals surface area contributed by atoms with Gasteiger partial charge in [0, 0.05) is 30.8 Å². The Bertz CT molecular complexity index is 810. The Morgan fingerprint density at radius 2 is 1.81 bits per heavy atom. The summed E-state index contributed by atoms with van der Waals surface area (Å²) in [6.07, 6.45) is 0.439. The topological polar surface area (TPSA) is 73.2 Å². The van der Waals surface area contributed by atoms with Gasteiger partial charge >= 0.3 is 0 Å². The fourth-order valence-electron chi connectivity index (χ4n) is 2.69. The van der Waals surface area contributed by atoms with Crippen LogP contribution in [0.2, 0.25) is 0 Å². The predicted octanol–water partition coefficient (Wildman–Crippen LogP) is 3.97. The summed E-state index contributed by atoms with van der Waals surface area (Å²) >= 11 is 0. The molecule has 0 spiro atoms. The number of hydrogen-bond donors (Lipinski definition) is 1. The lowest BCUT2D eigenvalue weighted by Gasteiger charge is -2.21. The summed E-state index contributed by atoms with van der Waals surface area (Å²) in [4.78, 5) is 26.3. The van der Waals surface area contributed by atoms with Crippen LogP contribution < -0.4 is 10.2 Å². The zero-order chi connectivity index (χ0) is 18.9. The van der Waals surface area contributed by atoms with Gasteiger partial charge in [0.05, 0.1) is 12.5 Å². The van der Waals surface area contributed by atoms with Crippen molar-refractivity contribution in [2.24, 2.45) is 0 Å². The molecule has 0 aromatic heterocycles. The molecule has 1 N–H and O–H groups in total. The Kier molecular flexibility index (Phi) is 6.92. The second kappa shape index (κ2) is 9.38. The third-order valence-corrected chi connectivity index (χ3v) is 4.04. The molecule has 134 valence electrons. The lowest BCUT2D eigenvalue weighted by molar-refractivity contribution is -0.122. The quantitative estimate of drug-likeness (QED) is 0.822. The number of carbonyl (C=O) groups excluding carboxylic acids is 2. The van der Waals surface area contributed by atoms with Crippen molar-refractivity contribution in [2.75, 3.05) is 16.8 Å². The van der Waals surface area contributed by atoms with Crippen molar-refractivity contribution >= 4 is 23.2 Å². The number of amides is 2. The van der Waals surface area contributed by atoms with Crippen molar-refractivity contribution in [3.05, 3.63) is 59.7 Å². The molecule has 0 fully saturated rings. The van der Waals surface area contributed by atoms with E-state index < -0.39 is 0 Å². The van der Waals surface area contributed by atoms with Crippen LogP contribution in [-0.4, -0.2) is 18.4 Å². The number of nitriles is 1. The summed E-state index contributed by atoms with van der Waals surface area (Å²) < 4.78 is 0.